The summed E-state index contributed by atoms with van der Waals surface area (Å²) in [6, 6.07) is 9.44. The van der Waals surface area contributed by atoms with Gasteiger partial charge in [0, 0.05) is 23.0 Å². The molecule has 0 aliphatic carbocycles. The Morgan fingerprint density at radius 2 is 1.94 bits per heavy atom. The predicted octanol–water partition coefficient (Wildman–Crippen LogP) is 3.81. The van der Waals surface area contributed by atoms with Crippen molar-refractivity contribution in [1.29, 1.82) is 0 Å². The molecule has 0 saturated carbocycles. The lowest BCUT2D eigenvalue weighted by Crippen LogP contribution is -1.85. The highest BCUT2D eigenvalue weighted by molar-refractivity contribution is 9.10. The minimum Gasteiger partial charge on any atom is -0.277 e. The minimum absolute atomic E-state index is 0.671. The summed E-state index contributed by atoms with van der Waals surface area (Å²) in [5.41, 5.74) is 1.87. The van der Waals surface area contributed by atoms with Gasteiger partial charge in [0.1, 0.15) is 10.3 Å². The zero-order valence-corrected chi connectivity index (χ0v) is 11.0. The van der Waals surface area contributed by atoms with E-state index in [0.717, 1.165) is 15.9 Å². The Hall–Kier alpha value is -1.39. The second kappa shape index (κ2) is 4.13. The number of fused-ring (bicyclic) bond motifs is 1. The SMILES string of the molecule is Clc1ccc(-c2nc3ncccn3c2Br)cc1. The molecule has 84 valence electrons. The van der Waals surface area contributed by atoms with Gasteiger partial charge in [-0.1, -0.05) is 23.7 Å². The number of hydrogen-bond acceptors (Lipinski definition) is 2. The van der Waals surface area contributed by atoms with Gasteiger partial charge >= 0.3 is 0 Å². The van der Waals surface area contributed by atoms with E-state index in [1.807, 2.05) is 40.9 Å². The third kappa shape index (κ3) is 1.83. The second-order valence-corrected chi connectivity index (χ2v) is 4.74. The highest BCUT2D eigenvalue weighted by Crippen LogP contribution is 2.28. The van der Waals surface area contributed by atoms with Crippen molar-refractivity contribution in [2.24, 2.45) is 0 Å². The average Bonchev–Trinajstić information content (AvgIpc) is 2.69. The molecule has 0 unspecified atom stereocenters. The summed E-state index contributed by atoms with van der Waals surface area (Å²) >= 11 is 9.40. The van der Waals surface area contributed by atoms with Crippen LogP contribution in [0.3, 0.4) is 0 Å². The molecule has 0 N–H and O–H groups in total. The molecule has 3 aromatic rings. The van der Waals surface area contributed by atoms with Crippen molar-refractivity contribution in [3.05, 3.63) is 52.4 Å². The van der Waals surface area contributed by atoms with Crippen molar-refractivity contribution in [2.45, 2.75) is 0 Å². The molecule has 5 heteroatoms. The lowest BCUT2D eigenvalue weighted by atomic mass is 10.2. The monoisotopic (exact) mass is 307 g/mol. The van der Waals surface area contributed by atoms with Crippen molar-refractivity contribution >= 4 is 33.3 Å². The largest absolute Gasteiger partial charge is 0.277 e. The Labute approximate surface area is 111 Å². The molecular formula is C12H7BrClN3. The molecule has 3 nitrogen and oxygen atoms in total. The highest BCUT2D eigenvalue weighted by atomic mass is 79.9. The molecule has 17 heavy (non-hydrogen) atoms. The van der Waals surface area contributed by atoms with Gasteiger partial charge in [-0.3, -0.25) is 4.40 Å². The molecule has 0 fully saturated rings. The van der Waals surface area contributed by atoms with Gasteiger partial charge in [-0.15, -0.1) is 0 Å². The summed E-state index contributed by atoms with van der Waals surface area (Å²) in [5.74, 6) is 0.671. The normalized spacial score (nSPS) is 10.9. The smallest absolute Gasteiger partial charge is 0.235 e. The molecule has 0 bridgehead atoms. The van der Waals surface area contributed by atoms with Crippen LogP contribution in [0.15, 0.2) is 47.3 Å². The van der Waals surface area contributed by atoms with E-state index < -0.39 is 0 Å². The van der Waals surface area contributed by atoms with Crippen molar-refractivity contribution < 1.29 is 0 Å². The first-order valence-corrected chi connectivity index (χ1v) is 6.17. The van der Waals surface area contributed by atoms with Crippen LogP contribution in [0.25, 0.3) is 17.0 Å². The van der Waals surface area contributed by atoms with Crippen LogP contribution in [-0.4, -0.2) is 14.4 Å². The predicted molar refractivity (Wildman–Crippen MR) is 71.1 cm³/mol. The number of imidazole rings is 1. The summed E-state index contributed by atoms with van der Waals surface area (Å²) in [6.07, 6.45) is 3.64. The lowest BCUT2D eigenvalue weighted by Gasteiger charge is -1.97. The lowest BCUT2D eigenvalue weighted by molar-refractivity contribution is 1.09. The fraction of sp³-hybridized carbons (Fsp3) is 0. The van der Waals surface area contributed by atoms with Gasteiger partial charge in [0.25, 0.3) is 0 Å². The van der Waals surface area contributed by atoms with Crippen LogP contribution in [0.1, 0.15) is 0 Å². The fourth-order valence-electron chi connectivity index (χ4n) is 1.65. The van der Waals surface area contributed by atoms with E-state index in [2.05, 4.69) is 25.9 Å². The standard InChI is InChI=1S/C12H7BrClN3/c13-11-10(8-2-4-9(14)5-3-8)16-12-15-6-1-7-17(11)12/h1-7H. The molecular weight excluding hydrogens is 302 g/mol. The second-order valence-electron chi connectivity index (χ2n) is 3.55. The molecule has 0 aliphatic rings. The maximum atomic E-state index is 5.87. The first-order valence-electron chi connectivity index (χ1n) is 5.00. The number of rotatable bonds is 1. The van der Waals surface area contributed by atoms with Crippen molar-refractivity contribution in [2.75, 3.05) is 0 Å². The average molecular weight is 309 g/mol. The van der Waals surface area contributed by atoms with E-state index in [-0.39, 0.29) is 0 Å². The van der Waals surface area contributed by atoms with E-state index >= 15 is 0 Å². The van der Waals surface area contributed by atoms with Gasteiger partial charge in [0.2, 0.25) is 5.78 Å². The zero-order chi connectivity index (χ0) is 11.8. The molecule has 2 heterocycles. The van der Waals surface area contributed by atoms with Crippen LogP contribution in [0.5, 0.6) is 0 Å². The maximum Gasteiger partial charge on any atom is 0.235 e. The van der Waals surface area contributed by atoms with Crippen LogP contribution >= 0.6 is 27.5 Å². The Kier molecular flexibility index (Phi) is 2.61. The summed E-state index contributed by atoms with van der Waals surface area (Å²) < 4.78 is 2.78. The number of halogens is 2. The third-order valence-electron chi connectivity index (χ3n) is 2.46. The molecule has 2 aromatic heterocycles. The summed E-state index contributed by atoms with van der Waals surface area (Å²) in [5, 5.41) is 0.715. The van der Waals surface area contributed by atoms with Gasteiger partial charge in [-0.25, -0.2) is 9.97 Å². The van der Waals surface area contributed by atoms with Gasteiger partial charge < -0.3 is 0 Å². The number of aromatic nitrogens is 3. The van der Waals surface area contributed by atoms with E-state index in [1.165, 1.54) is 0 Å². The number of hydrogen-bond donors (Lipinski definition) is 0. The third-order valence-corrected chi connectivity index (χ3v) is 3.47. The zero-order valence-electron chi connectivity index (χ0n) is 8.64. The van der Waals surface area contributed by atoms with Crippen molar-refractivity contribution in [3.8, 4) is 11.3 Å². The molecule has 1 aromatic carbocycles. The molecule has 0 aliphatic heterocycles. The van der Waals surface area contributed by atoms with Crippen LogP contribution < -0.4 is 0 Å². The first kappa shape index (κ1) is 10.7. The number of benzene rings is 1. The Bertz CT molecular complexity index is 676. The van der Waals surface area contributed by atoms with Crippen molar-refractivity contribution in [1.82, 2.24) is 14.4 Å². The van der Waals surface area contributed by atoms with Crippen LogP contribution in [0.4, 0.5) is 0 Å². The van der Waals surface area contributed by atoms with E-state index in [4.69, 9.17) is 11.6 Å². The maximum absolute atomic E-state index is 5.87. The Morgan fingerprint density at radius 3 is 2.65 bits per heavy atom. The van der Waals surface area contributed by atoms with E-state index in [0.29, 0.717) is 10.8 Å². The van der Waals surface area contributed by atoms with Crippen LogP contribution in [-0.2, 0) is 0 Å². The topological polar surface area (TPSA) is 30.2 Å². The Balaban J connectivity index is 2.24. The molecule has 0 spiro atoms. The summed E-state index contributed by atoms with van der Waals surface area (Å²) in [4.78, 5) is 8.68. The highest BCUT2D eigenvalue weighted by Gasteiger charge is 2.11. The van der Waals surface area contributed by atoms with Crippen LogP contribution in [0, 0.1) is 0 Å². The fourth-order valence-corrected chi connectivity index (χ4v) is 2.37. The van der Waals surface area contributed by atoms with Gasteiger partial charge in [-0.05, 0) is 34.1 Å². The molecule has 0 atom stereocenters. The minimum atomic E-state index is 0.671. The molecule has 3 rings (SSSR count). The van der Waals surface area contributed by atoms with Gasteiger partial charge in [0.15, 0.2) is 0 Å². The quantitative estimate of drug-likeness (QED) is 0.684. The number of nitrogens with zero attached hydrogens (tertiary/aromatic N) is 3. The molecule has 0 radical (unpaired) electrons. The van der Waals surface area contributed by atoms with Gasteiger partial charge in [-0.2, -0.15) is 0 Å². The van der Waals surface area contributed by atoms with E-state index in [1.54, 1.807) is 6.20 Å². The Morgan fingerprint density at radius 1 is 1.18 bits per heavy atom. The molecule has 0 amide bonds. The van der Waals surface area contributed by atoms with Crippen molar-refractivity contribution in [3.63, 3.8) is 0 Å². The van der Waals surface area contributed by atoms with Gasteiger partial charge in [0.05, 0.1) is 0 Å². The summed E-state index contributed by atoms with van der Waals surface area (Å²) in [6.45, 7) is 0. The molecule has 0 saturated heterocycles. The van der Waals surface area contributed by atoms with E-state index in [9.17, 15) is 0 Å². The summed E-state index contributed by atoms with van der Waals surface area (Å²) in [7, 11) is 0. The first-order chi connectivity index (χ1) is 8.25. The van der Waals surface area contributed by atoms with Crippen LogP contribution in [0.2, 0.25) is 5.02 Å².